The molecule has 1 amide bonds. The van der Waals surface area contributed by atoms with Crippen LogP contribution in [-0.4, -0.2) is 40.1 Å². The molecule has 3 heterocycles. The van der Waals surface area contributed by atoms with Gasteiger partial charge in [0.25, 0.3) is 5.56 Å². The predicted octanol–water partition coefficient (Wildman–Crippen LogP) is 4.57. The lowest BCUT2D eigenvalue weighted by atomic mass is 10.0. The zero-order valence-corrected chi connectivity index (χ0v) is 20.9. The third kappa shape index (κ3) is 5.90. The minimum absolute atomic E-state index is 0.0737. The zero-order chi connectivity index (χ0) is 25.7. The lowest BCUT2D eigenvalue weighted by Crippen LogP contribution is -2.39. The summed E-state index contributed by atoms with van der Waals surface area (Å²) in [5.74, 6) is -0.0636. The molecule has 0 unspecified atom stereocenters. The van der Waals surface area contributed by atoms with Gasteiger partial charge in [0.05, 0.1) is 11.3 Å². The molecule has 0 radical (unpaired) electrons. The Balaban J connectivity index is 1.46. The summed E-state index contributed by atoms with van der Waals surface area (Å²) >= 11 is 0. The van der Waals surface area contributed by atoms with E-state index in [1.54, 1.807) is 26.0 Å². The van der Waals surface area contributed by atoms with Gasteiger partial charge in [0.2, 0.25) is 11.9 Å². The summed E-state index contributed by atoms with van der Waals surface area (Å²) in [5.41, 5.74) is 1.47. The van der Waals surface area contributed by atoms with Crippen molar-refractivity contribution in [2.24, 2.45) is 5.92 Å². The Labute approximate surface area is 209 Å². The third-order valence-corrected chi connectivity index (χ3v) is 6.21. The fourth-order valence-electron chi connectivity index (χ4n) is 4.16. The van der Waals surface area contributed by atoms with E-state index >= 15 is 0 Å². The van der Waals surface area contributed by atoms with E-state index in [1.807, 2.05) is 12.4 Å². The number of amides is 1. The van der Waals surface area contributed by atoms with Crippen molar-refractivity contribution in [1.29, 1.82) is 0 Å². The number of aromatic amines is 1. The maximum atomic E-state index is 14.8. The van der Waals surface area contributed by atoms with Crippen molar-refractivity contribution < 1.29 is 13.9 Å². The lowest BCUT2D eigenvalue weighted by Gasteiger charge is -2.32. The number of anilines is 2. The number of pyridine rings is 1. The number of hydrogen-bond donors (Lipinski definition) is 2. The molecule has 1 aromatic carbocycles. The van der Waals surface area contributed by atoms with Gasteiger partial charge < -0.3 is 19.9 Å². The van der Waals surface area contributed by atoms with Crippen LogP contribution in [0, 0.1) is 11.7 Å². The Morgan fingerprint density at radius 3 is 2.58 bits per heavy atom. The van der Waals surface area contributed by atoms with Crippen molar-refractivity contribution in [1.82, 2.24) is 15.0 Å². The van der Waals surface area contributed by atoms with E-state index < -0.39 is 5.82 Å². The first-order chi connectivity index (χ1) is 17.4. The molecule has 2 N–H and O–H groups in total. The van der Waals surface area contributed by atoms with E-state index in [-0.39, 0.29) is 34.7 Å². The number of H-pyrrole nitrogens is 1. The number of hydrogen-bond acceptors (Lipinski definition) is 6. The van der Waals surface area contributed by atoms with Crippen molar-refractivity contribution in [2.75, 3.05) is 23.3 Å². The second-order valence-electron chi connectivity index (χ2n) is 9.33. The average Bonchev–Trinajstić information content (AvgIpc) is 2.86. The van der Waals surface area contributed by atoms with Gasteiger partial charge in [0.15, 0.2) is 0 Å². The minimum Gasteiger partial charge on any atom is -0.489 e. The van der Waals surface area contributed by atoms with Gasteiger partial charge in [-0.05, 0) is 35.7 Å². The number of piperidine rings is 1. The van der Waals surface area contributed by atoms with E-state index in [0.717, 1.165) is 44.3 Å². The summed E-state index contributed by atoms with van der Waals surface area (Å²) in [6, 6.07) is 6.00. The van der Waals surface area contributed by atoms with Crippen LogP contribution in [0.3, 0.4) is 0 Å². The number of rotatable bonds is 8. The molecule has 36 heavy (non-hydrogen) atoms. The molecule has 8 nitrogen and oxygen atoms in total. The van der Waals surface area contributed by atoms with Gasteiger partial charge in [-0.3, -0.25) is 9.59 Å². The van der Waals surface area contributed by atoms with Crippen LogP contribution in [0.1, 0.15) is 45.6 Å². The number of halogens is 1. The summed E-state index contributed by atoms with van der Waals surface area (Å²) in [6.45, 7) is 7.05. The molecule has 9 heteroatoms. The molecular formula is C27H32FN5O3. The Bertz CT molecular complexity index is 1250. The number of nitrogens with zero attached hydrogens (tertiary/aromatic N) is 3. The molecule has 1 aliphatic rings. The molecule has 0 aliphatic carbocycles. The predicted molar refractivity (Wildman–Crippen MR) is 138 cm³/mol. The number of ether oxygens (including phenoxy) is 1. The molecule has 0 spiro atoms. The van der Waals surface area contributed by atoms with Crippen LogP contribution in [0.4, 0.5) is 16.0 Å². The van der Waals surface area contributed by atoms with E-state index in [0.29, 0.717) is 17.3 Å². The monoisotopic (exact) mass is 493 g/mol. The molecule has 4 rings (SSSR count). The average molecular weight is 494 g/mol. The molecule has 0 atom stereocenters. The number of carbonyl (C=O) groups excluding carboxylic acids is 1. The molecule has 1 aliphatic heterocycles. The summed E-state index contributed by atoms with van der Waals surface area (Å²) in [5, 5.41) is 2.56. The quantitative estimate of drug-likeness (QED) is 0.477. The van der Waals surface area contributed by atoms with Gasteiger partial charge in [0, 0.05) is 50.4 Å². The largest absolute Gasteiger partial charge is 0.489 e. The summed E-state index contributed by atoms with van der Waals surface area (Å²) in [4.78, 5) is 38.4. The van der Waals surface area contributed by atoms with Crippen molar-refractivity contribution in [3.8, 4) is 16.9 Å². The lowest BCUT2D eigenvalue weighted by molar-refractivity contribution is -0.118. The fourth-order valence-corrected chi connectivity index (χ4v) is 4.16. The number of carbonyl (C=O) groups is 1. The highest BCUT2D eigenvalue weighted by atomic mass is 19.1. The maximum Gasteiger partial charge on any atom is 0.259 e. The number of aryl methyl sites for hydroxylation is 1. The van der Waals surface area contributed by atoms with Crippen LogP contribution in [0.15, 0.2) is 47.7 Å². The number of aromatic nitrogens is 3. The van der Waals surface area contributed by atoms with E-state index in [2.05, 4.69) is 32.1 Å². The summed E-state index contributed by atoms with van der Waals surface area (Å²) in [6.07, 6.45) is 8.69. The topological polar surface area (TPSA) is 100 Å². The number of benzene rings is 1. The van der Waals surface area contributed by atoms with Crippen LogP contribution >= 0.6 is 0 Å². The first-order valence-corrected chi connectivity index (χ1v) is 12.4. The van der Waals surface area contributed by atoms with E-state index in [4.69, 9.17) is 4.74 Å². The minimum atomic E-state index is -0.617. The Morgan fingerprint density at radius 2 is 1.94 bits per heavy atom. The van der Waals surface area contributed by atoms with Gasteiger partial charge >= 0.3 is 0 Å². The second kappa shape index (κ2) is 11.3. The number of nitrogens with one attached hydrogen (secondary N) is 2. The molecule has 3 aromatic rings. The third-order valence-electron chi connectivity index (χ3n) is 6.21. The molecule has 0 saturated carbocycles. The highest BCUT2D eigenvalue weighted by molar-refractivity contribution is 5.92. The van der Waals surface area contributed by atoms with Gasteiger partial charge in [-0.15, -0.1) is 0 Å². The van der Waals surface area contributed by atoms with E-state index in [1.165, 1.54) is 18.3 Å². The van der Waals surface area contributed by atoms with Gasteiger partial charge in [0.1, 0.15) is 17.7 Å². The van der Waals surface area contributed by atoms with Crippen molar-refractivity contribution >= 4 is 17.5 Å². The zero-order valence-electron chi connectivity index (χ0n) is 20.9. The highest BCUT2D eigenvalue weighted by Gasteiger charge is 2.24. The van der Waals surface area contributed by atoms with Crippen molar-refractivity contribution in [2.45, 2.75) is 52.6 Å². The molecule has 1 fully saturated rings. The second-order valence-corrected chi connectivity index (χ2v) is 9.33. The van der Waals surface area contributed by atoms with Crippen LogP contribution in [0.2, 0.25) is 0 Å². The van der Waals surface area contributed by atoms with Crippen LogP contribution in [-0.2, 0) is 11.2 Å². The van der Waals surface area contributed by atoms with Crippen molar-refractivity contribution in [3.63, 3.8) is 0 Å². The Kier molecular flexibility index (Phi) is 7.97. The summed E-state index contributed by atoms with van der Waals surface area (Å²) in [7, 11) is 0. The van der Waals surface area contributed by atoms with Gasteiger partial charge in [-0.25, -0.2) is 14.4 Å². The maximum absolute atomic E-state index is 14.8. The van der Waals surface area contributed by atoms with Gasteiger partial charge in [-0.1, -0.05) is 33.3 Å². The highest BCUT2D eigenvalue weighted by Crippen LogP contribution is 2.31. The fraction of sp³-hybridized carbons (Fsp3) is 0.407. The van der Waals surface area contributed by atoms with Gasteiger partial charge in [-0.2, -0.15) is 0 Å². The Morgan fingerprint density at radius 1 is 1.22 bits per heavy atom. The summed E-state index contributed by atoms with van der Waals surface area (Å²) < 4.78 is 21.0. The SMILES string of the molecule is CCCc1cnc(N2CCC(Oc3cc[nH]c(=O)c3-c3ccc(NC(=O)C(C)C)c(F)c3)CC2)nc1. The molecular weight excluding hydrogens is 461 g/mol. The molecule has 2 aromatic heterocycles. The molecule has 0 bridgehead atoms. The Hall–Kier alpha value is -3.75. The molecule has 1 saturated heterocycles. The van der Waals surface area contributed by atoms with Crippen LogP contribution in [0.5, 0.6) is 5.75 Å². The molecule has 190 valence electrons. The normalized spacial score (nSPS) is 14.2. The van der Waals surface area contributed by atoms with E-state index in [9.17, 15) is 14.0 Å². The van der Waals surface area contributed by atoms with Crippen LogP contribution < -0.4 is 20.5 Å². The standard InChI is InChI=1S/C27H32FN5O3/c1-4-5-18-15-30-27(31-16-18)33-12-9-20(10-13-33)36-23-8-11-29-26(35)24(23)19-6-7-22(21(28)14-19)32-25(34)17(2)3/h6-8,11,14-17,20H,4-5,9-10,12-13H2,1-3H3,(H,29,35)(H,32,34). The smallest absolute Gasteiger partial charge is 0.259 e. The first-order valence-electron chi connectivity index (χ1n) is 12.4. The van der Waals surface area contributed by atoms with Crippen molar-refractivity contribution in [3.05, 3.63) is 64.6 Å². The first kappa shape index (κ1) is 25.3. The van der Waals surface area contributed by atoms with Crippen LogP contribution in [0.25, 0.3) is 11.1 Å².